The minimum Gasteiger partial charge on any atom is -0.376 e. The normalized spacial score (nSPS) is 19.1. The fourth-order valence-corrected chi connectivity index (χ4v) is 6.34. The van der Waals surface area contributed by atoms with Gasteiger partial charge in [0.25, 0.3) is 5.91 Å². The van der Waals surface area contributed by atoms with E-state index in [1.807, 2.05) is 0 Å². The van der Waals surface area contributed by atoms with Gasteiger partial charge in [0.2, 0.25) is 0 Å². The molecule has 2 N–H and O–H groups in total. The quantitative estimate of drug-likeness (QED) is 0.554. The van der Waals surface area contributed by atoms with Crippen molar-refractivity contribution in [2.24, 2.45) is 11.8 Å². The summed E-state index contributed by atoms with van der Waals surface area (Å²) in [6.45, 7) is 0.137. The van der Waals surface area contributed by atoms with Crippen LogP contribution in [0.5, 0.6) is 0 Å². The Balaban J connectivity index is 1.40. The summed E-state index contributed by atoms with van der Waals surface area (Å²) in [5.41, 5.74) is -2.32. The number of hydrogen-bond donors (Lipinski definition) is 2. The lowest BCUT2D eigenvalue weighted by Gasteiger charge is -2.36. The summed E-state index contributed by atoms with van der Waals surface area (Å²) < 4.78 is 66.1. The smallest absolute Gasteiger partial charge is 0.376 e. The van der Waals surface area contributed by atoms with E-state index in [4.69, 9.17) is 0 Å². The van der Waals surface area contributed by atoms with Crippen molar-refractivity contribution in [1.29, 1.82) is 0 Å². The first-order valence-electron chi connectivity index (χ1n) is 11.5. The van der Waals surface area contributed by atoms with Gasteiger partial charge >= 0.3 is 6.18 Å². The summed E-state index contributed by atoms with van der Waals surface area (Å²) in [7, 11) is -3.31. The maximum absolute atomic E-state index is 13.8. The Hall–Kier alpha value is -2.39. The summed E-state index contributed by atoms with van der Waals surface area (Å²) in [5.74, 6) is -0.971. The predicted octanol–water partition coefficient (Wildman–Crippen LogP) is 4.74. The van der Waals surface area contributed by atoms with Gasteiger partial charge in [0.05, 0.1) is 10.6 Å². The molecule has 1 atom stereocenters. The number of carbonyl (C=O) groups is 1. The standard InChI is InChI=1S/C25H28F3NO4S/c26-25(27,28)24(31,20-3-1-2-4-20)21-11-9-19(10-12-21)23(30)29-15-17-7-13-22(14-8-17)34(32,33)16-18-5-6-18/h7-14,18,20,31H,1-6,15-16H2,(H,29,30). The second-order valence-corrected chi connectivity index (χ2v) is 11.4. The molecule has 9 heteroatoms. The lowest BCUT2D eigenvalue weighted by molar-refractivity contribution is -0.286. The number of carbonyl (C=O) groups excluding carboxylic acids is 1. The van der Waals surface area contributed by atoms with Gasteiger partial charge in [-0.2, -0.15) is 13.2 Å². The Morgan fingerprint density at radius 1 is 0.941 bits per heavy atom. The SMILES string of the molecule is O=C(NCc1ccc(S(=O)(=O)CC2CC2)cc1)c1ccc(C(O)(C2CCCC2)C(F)(F)F)cc1. The van der Waals surface area contributed by atoms with Gasteiger partial charge in [0.15, 0.2) is 15.4 Å². The van der Waals surface area contributed by atoms with Crippen LogP contribution in [0.15, 0.2) is 53.4 Å². The summed E-state index contributed by atoms with van der Waals surface area (Å²) in [4.78, 5) is 12.7. The number of benzene rings is 2. The molecule has 0 bridgehead atoms. The molecule has 0 heterocycles. The van der Waals surface area contributed by atoms with E-state index in [2.05, 4.69) is 5.32 Å². The van der Waals surface area contributed by atoms with Gasteiger partial charge in [-0.25, -0.2) is 8.42 Å². The van der Waals surface area contributed by atoms with Crippen molar-refractivity contribution in [2.45, 2.75) is 61.7 Å². The molecule has 2 aromatic carbocycles. The molecule has 0 spiro atoms. The van der Waals surface area contributed by atoms with Gasteiger partial charge in [0.1, 0.15) is 0 Å². The molecule has 4 rings (SSSR count). The molecule has 2 aromatic rings. The number of amides is 1. The Kier molecular flexibility index (Phi) is 6.79. The lowest BCUT2D eigenvalue weighted by atomic mass is 9.79. The molecular weight excluding hydrogens is 467 g/mol. The number of aliphatic hydroxyl groups is 1. The van der Waals surface area contributed by atoms with E-state index in [1.165, 1.54) is 36.4 Å². The Morgan fingerprint density at radius 3 is 2.06 bits per heavy atom. The van der Waals surface area contributed by atoms with Gasteiger partial charge in [-0.3, -0.25) is 4.79 Å². The average molecular weight is 496 g/mol. The molecular formula is C25H28F3NO4S. The summed E-state index contributed by atoms with van der Waals surface area (Å²) in [5, 5.41) is 13.3. The maximum atomic E-state index is 13.8. The van der Waals surface area contributed by atoms with E-state index >= 15 is 0 Å². The first-order valence-corrected chi connectivity index (χ1v) is 13.2. The van der Waals surface area contributed by atoms with Crippen LogP contribution in [-0.2, 0) is 22.0 Å². The first-order chi connectivity index (χ1) is 16.0. The van der Waals surface area contributed by atoms with Crippen molar-refractivity contribution >= 4 is 15.7 Å². The number of rotatable bonds is 8. The molecule has 1 unspecified atom stereocenters. The number of alkyl halides is 3. The van der Waals surface area contributed by atoms with Crippen molar-refractivity contribution in [2.75, 3.05) is 5.75 Å². The molecule has 0 saturated heterocycles. The molecule has 1 amide bonds. The average Bonchev–Trinajstić information content (AvgIpc) is 3.42. The highest BCUT2D eigenvalue weighted by molar-refractivity contribution is 7.91. The maximum Gasteiger partial charge on any atom is 0.421 e. The number of nitrogens with one attached hydrogen (secondary N) is 1. The topological polar surface area (TPSA) is 83.5 Å². The number of halogens is 3. The van der Waals surface area contributed by atoms with Crippen LogP contribution in [0, 0.1) is 11.8 Å². The van der Waals surface area contributed by atoms with Crippen molar-refractivity contribution in [1.82, 2.24) is 5.32 Å². The van der Waals surface area contributed by atoms with Crippen LogP contribution < -0.4 is 5.32 Å². The molecule has 2 aliphatic rings. The highest BCUT2D eigenvalue weighted by Gasteiger charge is 2.59. The monoisotopic (exact) mass is 495 g/mol. The molecule has 0 aliphatic heterocycles. The molecule has 2 aliphatic carbocycles. The first kappa shape index (κ1) is 24.7. The van der Waals surface area contributed by atoms with Crippen LogP contribution in [0.1, 0.15) is 60.0 Å². The summed E-state index contributed by atoms with van der Waals surface area (Å²) in [6.07, 6.45) is -1.02. The highest BCUT2D eigenvalue weighted by atomic mass is 32.2. The molecule has 2 saturated carbocycles. The van der Waals surface area contributed by atoms with Crippen molar-refractivity contribution < 1.29 is 31.5 Å². The van der Waals surface area contributed by atoms with E-state index in [1.54, 1.807) is 12.1 Å². The van der Waals surface area contributed by atoms with Crippen LogP contribution >= 0.6 is 0 Å². The second-order valence-electron chi connectivity index (χ2n) is 9.37. The third kappa shape index (κ3) is 5.15. The third-order valence-corrected chi connectivity index (χ3v) is 8.75. The number of sulfone groups is 1. The summed E-state index contributed by atoms with van der Waals surface area (Å²) >= 11 is 0. The molecule has 0 aromatic heterocycles. The lowest BCUT2D eigenvalue weighted by Crippen LogP contribution is -2.47. The fourth-order valence-electron chi connectivity index (χ4n) is 4.64. The van der Waals surface area contributed by atoms with Crippen molar-refractivity contribution in [3.05, 3.63) is 65.2 Å². The Bertz CT molecular complexity index is 1120. The highest BCUT2D eigenvalue weighted by Crippen LogP contribution is 2.50. The van der Waals surface area contributed by atoms with Crippen LogP contribution in [0.25, 0.3) is 0 Å². The molecule has 184 valence electrons. The zero-order valence-electron chi connectivity index (χ0n) is 18.6. The van der Waals surface area contributed by atoms with E-state index in [-0.39, 0.29) is 34.2 Å². The Morgan fingerprint density at radius 2 is 1.53 bits per heavy atom. The van der Waals surface area contributed by atoms with Crippen LogP contribution in [-0.4, -0.2) is 31.4 Å². The van der Waals surface area contributed by atoms with Crippen LogP contribution in [0.3, 0.4) is 0 Å². The Labute approximate surface area is 197 Å². The molecule has 0 radical (unpaired) electrons. The zero-order valence-corrected chi connectivity index (χ0v) is 19.5. The van der Waals surface area contributed by atoms with Crippen molar-refractivity contribution in [3.63, 3.8) is 0 Å². The van der Waals surface area contributed by atoms with Gasteiger partial charge in [0, 0.05) is 18.0 Å². The van der Waals surface area contributed by atoms with E-state index in [9.17, 15) is 31.5 Å². The van der Waals surface area contributed by atoms with Gasteiger partial charge < -0.3 is 10.4 Å². The third-order valence-electron chi connectivity index (χ3n) is 6.85. The number of hydrogen-bond acceptors (Lipinski definition) is 4. The zero-order chi connectivity index (χ0) is 24.6. The van der Waals surface area contributed by atoms with E-state index in [0.29, 0.717) is 31.2 Å². The molecule has 2 fully saturated rings. The minimum atomic E-state index is -4.82. The second kappa shape index (κ2) is 9.34. The predicted molar refractivity (Wildman–Crippen MR) is 121 cm³/mol. The fraction of sp³-hybridized carbons (Fsp3) is 0.480. The van der Waals surface area contributed by atoms with Crippen molar-refractivity contribution in [3.8, 4) is 0 Å². The van der Waals surface area contributed by atoms with Crippen LogP contribution in [0.2, 0.25) is 0 Å². The molecule has 34 heavy (non-hydrogen) atoms. The van der Waals surface area contributed by atoms with E-state index in [0.717, 1.165) is 12.8 Å². The van der Waals surface area contributed by atoms with Gasteiger partial charge in [-0.1, -0.05) is 37.1 Å². The minimum absolute atomic E-state index is 0.137. The van der Waals surface area contributed by atoms with Gasteiger partial charge in [-0.15, -0.1) is 0 Å². The summed E-state index contributed by atoms with van der Waals surface area (Å²) in [6, 6.07) is 11.2. The largest absolute Gasteiger partial charge is 0.421 e. The molecule has 5 nitrogen and oxygen atoms in total. The van der Waals surface area contributed by atoms with Gasteiger partial charge in [-0.05, 0) is 67.0 Å². The van der Waals surface area contributed by atoms with E-state index < -0.39 is 33.4 Å². The van der Waals surface area contributed by atoms with Crippen LogP contribution in [0.4, 0.5) is 13.2 Å².